The van der Waals surface area contributed by atoms with Gasteiger partial charge in [-0.15, -0.1) is 0 Å². The van der Waals surface area contributed by atoms with Crippen LogP contribution in [0.1, 0.15) is 0 Å². The normalized spacial score (nSPS) is 15.3. The van der Waals surface area contributed by atoms with Crippen LogP contribution in [0.2, 0.25) is 5.02 Å². The van der Waals surface area contributed by atoms with E-state index in [1.54, 1.807) is 0 Å². The molecule has 8 heteroatoms. The van der Waals surface area contributed by atoms with Crippen LogP contribution in [-0.4, -0.2) is 54.8 Å². The van der Waals surface area contributed by atoms with E-state index in [4.69, 9.17) is 20.9 Å². The van der Waals surface area contributed by atoms with Gasteiger partial charge in [-0.05, 0) is 24.3 Å². The minimum Gasteiger partial charge on any atom is -0.507 e. The fourth-order valence-corrected chi connectivity index (χ4v) is 3.44. The molecule has 3 aromatic rings. The average Bonchev–Trinajstić information content (AvgIpc) is 3.09. The summed E-state index contributed by atoms with van der Waals surface area (Å²) in [5, 5.41) is 28.2. The Morgan fingerprint density at radius 3 is 2.74 bits per heavy atom. The van der Waals surface area contributed by atoms with Crippen molar-refractivity contribution in [1.82, 2.24) is 5.16 Å². The van der Waals surface area contributed by atoms with Crippen LogP contribution >= 0.6 is 11.6 Å². The van der Waals surface area contributed by atoms with Gasteiger partial charge in [0.2, 0.25) is 0 Å². The van der Waals surface area contributed by atoms with Gasteiger partial charge in [-0.2, -0.15) is 0 Å². The van der Waals surface area contributed by atoms with Crippen LogP contribution < -0.4 is 10.2 Å². The Balaban J connectivity index is 1.55. The topological polar surface area (TPSA) is 92.2 Å². The number of morpholine rings is 1. The molecule has 7 nitrogen and oxygen atoms in total. The molecular weight excluding hydrogens is 370 g/mol. The summed E-state index contributed by atoms with van der Waals surface area (Å²) in [6, 6.07) is 8.40. The van der Waals surface area contributed by atoms with E-state index < -0.39 is 0 Å². The van der Waals surface area contributed by atoms with Crippen molar-refractivity contribution in [2.45, 2.75) is 0 Å². The van der Waals surface area contributed by atoms with Crippen molar-refractivity contribution >= 4 is 28.3 Å². The van der Waals surface area contributed by atoms with Crippen molar-refractivity contribution in [3.63, 3.8) is 0 Å². The Bertz CT molecular complexity index is 954. The molecule has 2 aromatic carbocycles. The summed E-state index contributed by atoms with van der Waals surface area (Å²) in [7, 11) is 0. The number of ether oxygens (including phenoxy) is 1. The highest BCUT2D eigenvalue weighted by Gasteiger charge is 2.17. The van der Waals surface area contributed by atoms with Crippen molar-refractivity contribution in [3.05, 3.63) is 35.4 Å². The summed E-state index contributed by atoms with van der Waals surface area (Å²) in [5.74, 6) is -0.292. The quantitative estimate of drug-likeness (QED) is 0.531. The van der Waals surface area contributed by atoms with E-state index in [-0.39, 0.29) is 16.5 Å². The van der Waals surface area contributed by atoms with Crippen molar-refractivity contribution in [1.29, 1.82) is 0 Å². The molecule has 1 fully saturated rings. The molecule has 0 bridgehead atoms. The molecule has 0 radical (unpaired) electrons. The molecule has 1 aliphatic rings. The first kappa shape index (κ1) is 17.9. The zero-order valence-corrected chi connectivity index (χ0v) is 15.4. The second-order valence-electron chi connectivity index (χ2n) is 6.60. The van der Waals surface area contributed by atoms with E-state index in [0.717, 1.165) is 50.5 Å². The summed E-state index contributed by atoms with van der Waals surface area (Å²) >= 11 is 5.98. The number of aromatic hydroxyl groups is 2. The zero-order valence-electron chi connectivity index (χ0n) is 14.7. The largest absolute Gasteiger partial charge is 0.507 e. The number of quaternary nitrogens is 1. The van der Waals surface area contributed by atoms with Crippen molar-refractivity contribution in [2.75, 3.05) is 44.7 Å². The third-order valence-electron chi connectivity index (χ3n) is 4.80. The molecule has 0 saturated carbocycles. The number of nitrogens with one attached hydrogen (secondary N) is 2. The lowest BCUT2D eigenvalue weighted by Gasteiger charge is -2.23. The highest BCUT2D eigenvalue weighted by atomic mass is 35.5. The summed E-state index contributed by atoms with van der Waals surface area (Å²) in [4.78, 5) is 1.53. The summed E-state index contributed by atoms with van der Waals surface area (Å²) < 4.78 is 10.8. The lowest BCUT2D eigenvalue weighted by atomic mass is 10.1. The maximum atomic E-state index is 10.2. The minimum atomic E-state index is -0.182. The number of hydrogen-bond acceptors (Lipinski definition) is 6. The number of phenols is 2. The van der Waals surface area contributed by atoms with Crippen LogP contribution in [0.4, 0.5) is 5.69 Å². The average molecular weight is 391 g/mol. The maximum Gasteiger partial charge on any atom is 0.167 e. The maximum absolute atomic E-state index is 10.2. The molecule has 0 atom stereocenters. The van der Waals surface area contributed by atoms with Gasteiger partial charge in [0.1, 0.15) is 30.3 Å². The molecule has 0 aliphatic carbocycles. The second kappa shape index (κ2) is 7.64. The number of aromatic nitrogens is 1. The number of nitrogens with zero attached hydrogens (tertiary/aromatic N) is 1. The molecule has 0 amide bonds. The van der Waals surface area contributed by atoms with Crippen molar-refractivity contribution < 1.29 is 24.4 Å². The molecular formula is C19H21ClN3O4+. The van der Waals surface area contributed by atoms with E-state index in [0.29, 0.717) is 16.8 Å². The number of hydrogen-bond donors (Lipinski definition) is 4. The van der Waals surface area contributed by atoms with Crippen LogP contribution in [0.25, 0.3) is 22.2 Å². The van der Waals surface area contributed by atoms with Crippen LogP contribution in [0.3, 0.4) is 0 Å². The van der Waals surface area contributed by atoms with Gasteiger partial charge < -0.3 is 29.7 Å². The van der Waals surface area contributed by atoms with Gasteiger partial charge in [0.05, 0.1) is 36.7 Å². The number of halogens is 1. The van der Waals surface area contributed by atoms with E-state index in [2.05, 4.69) is 10.5 Å². The zero-order chi connectivity index (χ0) is 18.8. The third-order valence-corrected chi connectivity index (χ3v) is 5.10. The first-order valence-electron chi connectivity index (χ1n) is 8.88. The van der Waals surface area contributed by atoms with Crippen LogP contribution in [0, 0.1) is 0 Å². The van der Waals surface area contributed by atoms with E-state index >= 15 is 0 Å². The predicted octanol–water partition coefficient (Wildman–Crippen LogP) is 1.89. The third kappa shape index (κ3) is 3.80. The van der Waals surface area contributed by atoms with Crippen LogP contribution in [-0.2, 0) is 4.74 Å². The van der Waals surface area contributed by atoms with Gasteiger partial charge >= 0.3 is 0 Å². The molecule has 2 heterocycles. The van der Waals surface area contributed by atoms with Gasteiger partial charge in [0, 0.05) is 17.3 Å². The number of benzene rings is 2. The monoisotopic (exact) mass is 390 g/mol. The number of anilines is 1. The summed E-state index contributed by atoms with van der Waals surface area (Å²) in [6.07, 6.45) is 0. The standard InChI is InChI=1S/C19H20ClN3O4/c20-15-10-13(16(24)11-17(15)25)19-14-9-12(1-2-18(14)27-22-19)21-3-4-23-5-7-26-8-6-23/h1-2,9-11,21,24-25H,3-8H2/p+1. The first-order valence-corrected chi connectivity index (χ1v) is 9.26. The van der Waals surface area contributed by atoms with E-state index in [9.17, 15) is 10.2 Å². The molecule has 0 spiro atoms. The Hall–Kier alpha value is -2.48. The summed E-state index contributed by atoms with van der Waals surface area (Å²) in [6.45, 7) is 5.59. The minimum absolute atomic E-state index is 0.110. The van der Waals surface area contributed by atoms with Gasteiger partial charge in [-0.1, -0.05) is 16.8 Å². The second-order valence-corrected chi connectivity index (χ2v) is 7.01. The van der Waals surface area contributed by atoms with Gasteiger partial charge in [-0.25, -0.2) is 0 Å². The highest BCUT2D eigenvalue weighted by Crippen LogP contribution is 2.39. The fraction of sp³-hybridized carbons (Fsp3) is 0.316. The SMILES string of the molecule is Oc1cc(O)c(-c2noc3ccc(NCC[NH+]4CCOCC4)cc23)cc1Cl. The van der Waals surface area contributed by atoms with E-state index in [1.165, 1.54) is 17.0 Å². The van der Waals surface area contributed by atoms with Gasteiger partial charge in [0.25, 0.3) is 0 Å². The molecule has 27 heavy (non-hydrogen) atoms. The first-order chi connectivity index (χ1) is 13.1. The highest BCUT2D eigenvalue weighted by molar-refractivity contribution is 6.32. The fourth-order valence-electron chi connectivity index (χ4n) is 3.28. The van der Waals surface area contributed by atoms with E-state index in [1.807, 2.05) is 18.2 Å². The Kier molecular flexibility index (Phi) is 5.07. The molecule has 1 aromatic heterocycles. The van der Waals surface area contributed by atoms with Gasteiger partial charge in [-0.3, -0.25) is 0 Å². The predicted molar refractivity (Wildman–Crippen MR) is 103 cm³/mol. The van der Waals surface area contributed by atoms with Crippen molar-refractivity contribution in [3.8, 4) is 22.8 Å². The van der Waals surface area contributed by atoms with Crippen molar-refractivity contribution in [2.24, 2.45) is 0 Å². The van der Waals surface area contributed by atoms with Crippen LogP contribution in [0.5, 0.6) is 11.5 Å². The molecule has 4 rings (SSSR count). The number of fused-ring (bicyclic) bond motifs is 1. The lowest BCUT2D eigenvalue weighted by Crippen LogP contribution is -3.14. The Labute approximate surface area is 161 Å². The molecule has 4 N–H and O–H groups in total. The lowest BCUT2D eigenvalue weighted by molar-refractivity contribution is -0.906. The molecule has 142 valence electrons. The number of rotatable bonds is 5. The molecule has 1 aliphatic heterocycles. The van der Waals surface area contributed by atoms with Crippen LogP contribution in [0.15, 0.2) is 34.9 Å². The molecule has 0 unspecified atom stereocenters. The Morgan fingerprint density at radius 1 is 1.11 bits per heavy atom. The Morgan fingerprint density at radius 2 is 1.93 bits per heavy atom. The smallest absolute Gasteiger partial charge is 0.167 e. The summed E-state index contributed by atoms with van der Waals surface area (Å²) in [5.41, 5.74) is 2.44. The number of phenolic OH excluding ortho intramolecular Hbond substituents is 2. The van der Waals surface area contributed by atoms with Gasteiger partial charge in [0.15, 0.2) is 5.58 Å². The molecule has 1 saturated heterocycles.